The highest BCUT2D eigenvalue weighted by atomic mass is 16.5. The van der Waals surface area contributed by atoms with Gasteiger partial charge in [0.15, 0.2) is 5.82 Å². The summed E-state index contributed by atoms with van der Waals surface area (Å²) in [7, 11) is 1.66. The molecule has 0 amide bonds. The van der Waals surface area contributed by atoms with Crippen LogP contribution in [0, 0.1) is 6.92 Å². The van der Waals surface area contributed by atoms with E-state index in [1.807, 2.05) is 25.1 Å². The maximum atomic E-state index is 5.43. The predicted molar refractivity (Wildman–Crippen MR) is 104 cm³/mol. The second-order valence-electron chi connectivity index (χ2n) is 6.88. The number of aromatic nitrogens is 2. The molecule has 0 saturated heterocycles. The Kier molecular flexibility index (Phi) is 4.28. The molecule has 7 nitrogen and oxygen atoms in total. The van der Waals surface area contributed by atoms with Crippen LogP contribution in [-0.4, -0.2) is 29.8 Å². The second kappa shape index (κ2) is 6.74. The maximum Gasteiger partial charge on any atom is 0.201 e. The molecule has 136 valence electrons. The van der Waals surface area contributed by atoms with E-state index in [4.69, 9.17) is 4.74 Å². The number of rotatable bonds is 5. The molecule has 1 fully saturated rings. The van der Waals surface area contributed by atoms with Crippen LogP contribution in [-0.2, 0) is 0 Å². The van der Waals surface area contributed by atoms with Gasteiger partial charge in [0.2, 0.25) is 5.96 Å². The smallest absolute Gasteiger partial charge is 0.201 e. The largest absolute Gasteiger partial charge is 0.495 e. The number of aromatic amines is 1. The van der Waals surface area contributed by atoms with Crippen LogP contribution in [0.25, 0.3) is 0 Å². The van der Waals surface area contributed by atoms with Gasteiger partial charge >= 0.3 is 0 Å². The normalized spacial score (nSPS) is 16.8. The minimum Gasteiger partial charge on any atom is -0.495 e. The molecule has 0 unspecified atom stereocenters. The third kappa shape index (κ3) is 3.51. The number of benzene rings is 1. The molecular weight excluding hydrogens is 328 g/mol. The van der Waals surface area contributed by atoms with Crippen molar-refractivity contribution in [2.24, 2.45) is 4.99 Å². The predicted octanol–water partition coefficient (Wildman–Crippen LogP) is 3.32. The third-order valence-electron chi connectivity index (χ3n) is 4.62. The van der Waals surface area contributed by atoms with Gasteiger partial charge in [-0.3, -0.25) is 5.10 Å². The van der Waals surface area contributed by atoms with Crippen LogP contribution in [0.4, 0.5) is 11.5 Å². The van der Waals surface area contributed by atoms with Crippen molar-refractivity contribution in [1.29, 1.82) is 0 Å². The first-order valence-corrected chi connectivity index (χ1v) is 8.87. The van der Waals surface area contributed by atoms with Gasteiger partial charge in [-0.1, -0.05) is 6.07 Å². The molecule has 0 atom stereocenters. The van der Waals surface area contributed by atoms with E-state index in [1.165, 1.54) is 18.5 Å². The van der Waals surface area contributed by atoms with Crippen molar-refractivity contribution in [2.75, 3.05) is 24.3 Å². The van der Waals surface area contributed by atoms with Crippen molar-refractivity contribution in [3.8, 4) is 5.75 Å². The van der Waals surface area contributed by atoms with Crippen LogP contribution in [0.1, 0.15) is 36.9 Å². The molecule has 7 heteroatoms. The Bertz CT molecular complexity index is 878. The van der Waals surface area contributed by atoms with E-state index < -0.39 is 0 Å². The van der Waals surface area contributed by atoms with Gasteiger partial charge in [-0.15, -0.1) is 0 Å². The zero-order chi connectivity index (χ0) is 18.1. The number of ether oxygens (including phenoxy) is 1. The first-order valence-electron chi connectivity index (χ1n) is 8.87. The SMILES string of the molecule is COc1ccc(C)cc1NC1=NCC(C)=C(Nc2cc(C3CC3)[nH]n2)N1. The molecule has 1 aliphatic heterocycles. The van der Waals surface area contributed by atoms with E-state index in [9.17, 15) is 0 Å². The zero-order valence-corrected chi connectivity index (χ0v) is 15.3. The zero-order valence-electron chi connectivity index (χ0n) is 15.3. The average Bonchev–Trinajstić information content (AvgIpc) is 3.38. The van der Waals surface area contributed by atoms with E-state index in [0.29, 0.717) is 18.4 Å². The van der Waals surface area contributed by atoms with E-state index in [1.54, 1.807) is 7.11 Å². The van der Waals surface area contributed by atoms with Crippen molar-refractivity contribution in [1.82, 2.24) is 15.5 Å². The quantitative estimate of drug-likeness (QED) is 0.663. The summed E-state index contributed by atoms with van der Waals surface area (Å²) in [6.07, 6.45) is 2.50. The standard InChI is InChI=1S/C19H24N6O/c1-11-4-7-16(26-3)15(8-11)21-19-20-10-12(2)18(23-19)22-17-9-14(24-25-17)13-5-6-13/h4,7-9,13H,5-6,10H2,1-3H3,(H2,20,21,23)(H2,22,24,25). The molecule has 2 heterocycles. The number of methoxy groups -OCH3 is 1. The highest BCUT2D eigenvalue weighted by Gasteiger charge is 2.25. The molecule has 26 heavy (non-hydrogen) atoms. The lowest BCUT2D eigenvalue weighted by Gasteiger charge is -2.22. The summed E-state index contributed by atoms with van der Waals surface area (Å²) in [6, 6.07) is 8.09. The van der Waals surface area contributed by atoms with Crippen molar-refractivity contribution in [3.63, 3.8) is 0 Å². The molecule has 0 spiro atoms. The van der Waals surface area contributed by atoms with Crippen LogP contribution >= 0.6 is 0 Å². The number of guanidine groups is 1. The monoisotopic (exact) mass is 352 g/mol. The summed E-state index contributed by atoms with van der Waals surface area (Å²) < 4.78 is 5.43. The van der Waals surface area contributed by atoms with Crippen LogP contribution in [0.15, 0.2) is 40.7 Å². The van der Waals surface area contributed by atoms with Gasteiger partial charge in [0.1, 0.15) is 11.6 Å². The Morgan fingerprint density at radius 2 is 2.00 bits per heavy atom. The number of hydrogen-bond donors (Lipinski definition) is 4. The van der Waals surface area contributed by atoms with Gasteiger partial charge in [0.25, 0.3) is 0 Å². The minimum absolute atomic E-state index is 0.617. The summed E-state index contributed by atoms with van der Waals surface area (Å²) in [5, 5.41) is 17.5. The number of nitrogens with zero attached hydrogens (tertiary/aromatic N) is 2. The Balaban J connectivity index is 1.46. The Hall–Kier alpha value is -2.96. The molecule has 4 rings (SSSR count). The molecule has 1 aliphatic carbocycles. The van der Waals surface area contributed by atoms with Gasteiger partial charge in [-0.05, 0) is 50.0 Å². The fourth-order valence-electron chi connectivity index (χ4n) is 2.93. The van der Waals surface area contributed by atoms with Crippen molar-refractivity contribution in [2.45, 2.75) is 32.6 Å². The second-order valence-corrected chi connectivity index (χ2v) is 6.88. The number of aliphatic imine (C=N–C) groups is 1. The lowest BCUT2D eigenvalue weighted by molar-refractivity contribution is 0.417. The Morgan fingerprint density at radius 3 is 2.77 bits per heavy atom. The molecular formula is C19H24N6O. The maximum absolute atomic E-state index is 5.43. The van der Waals surface area contributed by atoms with Crippen molar-refractivity contribution in [3.05, 3.63) is 46.9 Å². The van der Waals surface area contributed by atoms with E-state index in [0.717, 1.165) is 34.2 Å². The Morgan fingerprint density at radius 1 is 1.15 bits per heavy atom. The average molecular weight is 352 g/mol. The van der Waals surface area contributed by atoms with Gasteiger partial charge in [0.05, 0.1) is 19.3 Å². The molecule has 1 aromatic carbocycles. The van der Waals surface area contributed by atoms with Crippen molar-refractivity contribution < 1.29 is 4.74 Å². The third-order valence-corrected chi connectivity index (χ3v) is 4.62. The molecule has 2 aliphatic rings. The minimum atomic E-state index is 0.617. The summed E-state index contributed by atoms with van der Waals surface area (Å²) in [4.78, 5) is 4.56. The number of nitrogens with one attached hydrogen (secondary N) is 4. The van der Waals surface area contributed by atoms with E-state index >= 15 is 0 Å². The molecule has 1 aromatic heterocycles. The first-order chi connectivity index (χ1) is 12.6. The van der Waals surface area contributed by atoms with Crippen LogP contribution in [0.3, 0.4) is 0 Å². The molecule has 4 N–H and O–H groups in total. The fraction of sp³-hybridized carbons (Fsp3) is 0.368. The lowest BCUT2D eigenvalue weighted by Crippen LogP contribution is -2.37. The van der Waals surface area contributed by atoms with E-state index in [2.05, 4.69) is 44.1 Å². The van der Waals surface area contributed by atoms with Crippen LogP contribution in [0.2, 0.25) is 0 Å². The van der Waals surface area contributed by atoms with Crippen molar-refractivity contribution >= 4 is 17.5 Å². The van der Waals surface area contributed by atoms with Gasteiger partial charge < -0.3 is 20.7 Å². The highest BCUT2D eigenvalue weighted by Crippen LogP contribution is 2.39. The number of hydrogen-bond acceptors (Lipinski definition) is 6. The van der Waals surface area contributed by atoms with E-state index in [-0.39, 0.29) is 0 Å². The number of H-pyrrole nitrogens is 1. The van der Waals surface area contributed by atoms with Gasteiger partial charge in [-0.25, -0.2) is 4.99 Å². The lowest BCUT2D eigenvalue weighted by atomic mass is 10.2. The first kappa shape index (κ1) is 16.5. The summed E-state index contributed by atoms with van der Waals surface area (Å²) in [5.74, 6) is 3.84. The highest BCUT2D eigenvalue weighted by molar-refractivity contribution is 5.97. The summed E-state index contributed by atoms with van der Waals surface area (Å²) in [6.45, 7) is 4.72. The Labute approximate surface area is 152 Å². The molecule has 0 radical (unpaired) electrons. The summed E-state index contributed by atoms with van der Waals surface area (Å²) in [5.41, 5.74) is 4.37. The van der Waals surface area contributed by atoms with Gasteiger partial charge in [-0.2, -0.15) is 5.10 Å². The molecule has 0 bridgehead atoms. The van der Waals surface area contributed by atoms with Crippen LogP contribution < -0.4 is 20.7 Å². The number of aryl methyl sites for hydroxylation is 1. The fourth-order valence-corrected chi connectivity index (χ4v) is 2.93. The molecule has 2 aromatic rings. The summed E-state index contributed by atoms with van der Waals surface area (Å²) >= 11 is 0. The molecule has 1 saturated carbocycles. The topological polar surface area (TPSA) is 86.4 Å². The number of anilines is 2. The van der Waals surface area contributed by atoms with Gasteiger partial charge in [0, 0.05) is 17.7 Å². The van der Waals surface area contributed by atoms with Crippen LogP contribution in [0.5, 0.6) is 5.75 Å².